The second-order valence-corrected chi connectivity index (χ2v) is 4.38. The summed E-state index contributed by atoms with van der Waals surface area (Å²) >= 11 is 0. The summed E-state index contributed by atoms with van der Waals surface area (Å²) in [7, 11) is 1.68. The Kier molecular flexibility index (Phi) is 7.89. The molecule has 1 aromatic rings. The average Bonchev–Trinajstić information content (AvgIpc) is 2.40. The van der Waals surface area contributed by atoms with E-state index in [1.165, 1.54) is 0 Å². The molecule has 1 heterocycles. The molecule has 0 saturated carbocycles. The van der Waals surface area contributed by atoms with Crippen molar-refractivity contribution in [1.29, 1.82) is 0 Å². The van der Waals surface area contributed by atoms with Gasteiger partial charge in [-0.1, -0.05) is 20.3 Å². The van der Waals surface area contributed by atoms with Gasteiger partial charge in [-0.05, 0) is 12.8 Å². The minimum Gasteiger partial charge on any atom is -0.478 e. The SMILES string of the molecule is CCCCOc1cc(NCCOC)nc(CCC)n1. The quantitative estimate of drug-likeness (QED) is 0.660. The molecule has 0 aliphatic heterocycles. The van der Waals surface area contributed by atoms with Crippen molar-refractivity contribution in [2.24, 2.45) is 0 Å². The molecule has 0 saturated heterocycles. The highest BCUT2D eigenvalue weighted by Gasteiger charge is 2.05. The number of nitrogens with zero attached hydrogens (tertiary/aromatic N) is 2. The van der Waals surface area contributed by atoms with Crippen LogP contribution in [0.3, 0.4) is 0 Å². The first-order valence-electron chi connectivity index (χ1n) is 7.03. The standard InChI is InChI=1S/C14H25N3O2/c1-4-6-9-19-14-11-13(15-8-10-18-3)16-12(17-14)7-5-2/h11H,4-10H2,1-3H3,(H,15,16,17). The van der Waals surface area contributed by atoms with E-state index in [9.17, 15) is 0 Å². The molecule has 0 atom stereocenters. The Morgan fingerprint density at radius 3 is 2.68 bits per heavy atom. The number of unbranched alkanes of at least 4 members (excludes halogenated alkanes) is 1. The summed E-state index contributed by atoms with van der Waals surface area (Å²) in [6.07, 6.45) is 4.05. The Bertz CT molecular complexity index is 330. The van der Waals surface area contributed by atoms with Gasteiger partial charge in [-0.2, -0.15) is 4.98 Å². The van der Waals surface area contributed by atoms with E-state index in [-0.39, 0.29) is 0 Å². The largest absolute Gasteiger partial charge is 0.478 e. The molecule has 1 rings (SSSR count). The van der Waals surface area contributed by atoms with Gasteiger partial charge in [0.1, 0.15) is 11.6 Å². The molecule has 5 nitrogen and oxygen atoms in total. The molecular formula is C14H25N3O2. The second-order valence-electron chi connectivity index (χ2n) is 4.38. The molecule has 0 fully saturated rings. The maximum Gasteiger partial charge on any atom is 0.218 e. The van der Waals surface area contributed by atoms with Crippen LogP contribution in [0, 0.1) is 0 Å². The fourth-order valence-corrected chi connectivity index (χ4v) is 1.57. The molecular weight excluding hydrogens is 242 g/mol. The zero-order valence-electron chi connectivity index (χ0n) is 12.2. The van der Waals surface area contributed by atoms with Gasteiger partial charge in [-0.25, -0.2) is 4.98 Å². The van der Waals surface area contributed by atoms with Crippen molar-refractivity contribution in [1.82, 2.24) is 9.97 Å². The number of ether oxygens (including phenoxy) is 2. The molecule has 108 valence electrons. The lowest BCUT2D eigenvalue weighted by Crippen LogP contribution is -2.11. The second kappa shape index (κ2) is 9.55. The Balaban J connectivity index is 2.66. The van der Waals surface area contributed by atoms with E-state index >= 15 is 0 Å². The molecule has 5 heteroatoms. The highest BCUT2D eigenvalue weighted by Crippen LogP contribution is 2.15. The molecule has 1 N–H and O–H groups in total. The van der Waals surface area contributed by atoms with Gasteiger partial charge < -0.3 is 14.8 Å². The normalized spacial score (nSPS) is 10.5. The Labute approximate surface area is 115 Å². The van der Waals surface area contributed by atoms with Crippen LogP contribution in [0.15, 0.2) is 6.07 Å². The minimum atomic E-state index is 0.652. The van der Waals surface area contributed by atoms with Crippen LogP contribution in [0.5, 0.6) is 5.88 Å². The maximum atomic E-state index is 5.66. The van der Waals surface area contributed by atoms with Crippen LogP contribution < -0.4 is 10.1 Å². The van der Waals surface area contributed by atoms with E-state index in [1.807, 2.05) is 6.07 Å². The van der Waals surface area contributed by atoms with Gasteiger partial charge in [0.15, 0.2) is 0 Å². The van der Waals surface area contributed by atoms with Crippen LogP contribution in [0.1, 0.15) is 38.9 Å². The van der Waals surface area contributed by atoms with E-state index < -0.39 is 0 Å². The van der Waals surface area contributed by atoms with E-state index in [4.69, 9.17) is 9.47 Å². The number of aromatic nitrogens is 2. The highest BCUT2D eigenvalue weighted by molar-refractivity contribution is 5.38. The lowest BCUT2D eigenvalue weighted by atomic mass is 10.3. The number of methoxy groups -OCH3 is 1. The molecule has 0 spiro atoms. The summed E-state index contributed by atoms with van der Waals surface area (Å²) in [5.41, 5.74) is 0. The van der Waals surface area contributed by atoms with Crippen LogP contribution in [0.25, 0.3) is 0 Å². The fraction of sp³-hybridized carbons (Fsp3) is 0.714. The summed E-state index contributed by atoms with van der Waals surface area (Å²) in [6, 6.07) is 1.85. The third kappa shape index (κ3) is 6.38. The molecule has 0 aliphatic rings. The van der Waals surface area contributed by atoms with E-state index in [0.717, 1.165) is 43.9 Å². The first kappa shape index (κ1) is 15.7. The molecule has 0 aromatic carbocycles. The zero-order chi connectivity index (χ0) is 13.9. The lowest BCUT2D eigenvalue weighted by Gasteiger charge is -2.10. The lowest BCUT2D eigenvalue weighted by molar-refractivity contribution is 0.210. The number of anilines is 1. The molecule has 19 heavy (non-hydrogen) atoms. The van der Waals surface area contributed by atoms with Crippen molar-refractivity contribution in [3.63, 3.8) is 0 Å². The van der Waals surface area contributed by atoms with Gasteiger partial charge in [0, 0.05) is 26.1 Å². The Morgan fingerprint density at radius 1 is 1.16 bits per heavy atom. The number of hydrogen-bond acceptors (Lipinski definition) is 5. The number of nitrogens with one attached hydrogen (secondary N) is 1. The third-order valence-electron chi connectivity index (χ3n) is 2.58. The van der Waals surface area contributed by atoms with Crippen molar-refractivity contribution in [2.45, 2.75) is 39.5 Å². The fourth-order valence-electron chi connectivity index (χ4n) is 1.57. The monoisotopic (exact) mass is 267 g/mol. The van der Waals surface area contributed by atoms with Gasteiger partial charge in [-0.3, -0.25) is 0 Å². The molecule has 0 amide bonds. The molecule has 0 unspecified atom stereocenters. The Hall–Kier alpha value is -1.36. The van der Waals surface area contributed by atoms with E-state index in [0.29, 0.717) is 19.1 Å². The van der Waals surface area contributed by atoms with Crippen molar-refractivity contribution >= 4 is 5.82 Å². The maximum absolute atomic E-state index is 5.66. The van der Waals surface area contributed by atoms with Crippen LogP contribution in [0.2, 0.25) is 0 Å². The Morgan fingerprint density at radius 2 is 2.00 bits per heavy atom. The number of rotatable bonds is 10. The van der Waals surface area contributed by atoms with Crippen molar-refractivity contribution in [3.8, 4) is 5.88 Å². The predicted molar refractivity (Wildman–Crippen MR) is 76.8 cm³/mol. The summed E-state index contributed by atoms with van der Waals surface area (Å²) in [5, 5.41) is 3.22. The van der Waals surface area contributed by atoms with Crippen LogP contribution in [-0.2, 0) is 11.2 Å². The molecule has 1 aromatic heterocycles. The average molecular weight is 267 g/mol. The summed E-state index contributed by atoms with van der Waals surface area (Å²) < 4.78 is 10.7. The van der Waals surface area contributed by atoms with Crippen molar-refractivity contribution in [3.05, 3.63) is 11.9 Å². The van der Waals surface area contributed by atoms with Crippen LogP contribution in [-0.4, -0.2) is 36.8 Å². The third-order valence-corrected chi connectivity index (χ3v) is 2.58. The topological polar surface area (TPSA) is 56.3 Å². The smallest absolute Gasteiger partial charge is 0.218 e. The molecule has 0 radical (unpaired) electrons. The minimum absolute atomic E-state index is 0.652. The summed E-state index contributed by atoms with van der Waals surface area (Å²) in [6.45, 7) is 6.35. The first-order chi connectivity index (χ1) is 9.30. The van der Waals surface area contributed by atoms with Crippen LogP contribution >= 0.6 is 0 Å². The molecule has 0 aliphatic carbocycles. The highest BCUT2D eigenvalue weighted by atomic mass is 16.5. The van der Waals surface area contributed by atoms with Gasteiger partial charge in [-0.15, -0.1) is 0 Å². The zero-order valence-corrected chi connectivity index (χ0v) is 12.2. The van der Waals surface area contributed by atoms with E-state index in [1.54, 1.807) is 7.11 Å². The van der Waals surface area contributed by atoms with E-state index in [2.05, 4.69) is 29.1 Å². The number of hydrogen-bond donors (Lipinski definition) is 1. The van der Waals surface area contributed by atoms with Crippen LogP contribution in [0.4, 0.5) is 5.82 Å². The summed E-state index contributed by atoms with van der Waals surface area (Å²) in [5.74, 6) is 2.30. The van der Waals surface area contributed by atoms with Gasteiger partial charge >= 0.3 is 0 Å². The first-order valence-corrected chi connectivity index (χ1v) is 7.03. The van der Waals surface area contributed by atoms with Gasteiger partial charge in [0.05, 0.1) is 13.2 Å². The summed E-state index contributed by atoms with van der Waals surface area (Å²) in [4.78, 5) is 8.88. The van der Waals surface area contributed by atoms with Gasteiger partial charge in [0.2, 0.25) is 5.88 Å². The predicted octanol–water partition coefficient (Wildman–Crippen LogP) is 2.67. The van der Waals surface area contributed by atoms with Crippen molar-refractivity contribution < 1.29 is 9.47 Å². The molecule has 0 bridgehead atoms. The van der Waals surface area contributed by atoms with Crippen molar-refractivity contribution in [2.75, 3.05) is 32.2 Å². The number of aryl methyl sites for hydroxylation is 1. The van der Waals surface area contributed by atoms with Gasteiger partial charge in [0.25, 0.3) is 0 Å².